The number of rotatable bonds is 3. The third kappa shape index (κ3) is 1.67. The van der Waals surface area contributed by atoms with Crippen LogP contribution in [0.4, 0.5) is 0 Å². The molecule has 1 aliphatic heterocycles. The molecule has 0 aromatic carbocycles. The molecule has 1 atom stereocenters. The average Bonchev–Trinajstić information content (AvgIpc) is 3.09. The van der Waals surface area contributed by atoms with Crippen LogP contribution in [-0.2, 0) is 14.4 Å². The second-order valence-electron chi connectivity index (χ2n) is 4.91. The number of carboxylic acid groups (broad SMARTS) is 1. The molecule has 1 heterocycles. The number of amides is 2. The summed E-state index contributed by atoms with van der Waals surface area (Å²) in [6.45, 7) is 2.23. The SMILES string of the molecule is CN1CCN(C(C)(C(=O)O)C2CC2)C(=O)C1=O. The van der Waals surface area contributed by atoms with Crippen LogP contribution in [-0.4, -0.2) is 58.4 Å². The van der Waals surface area contributed by atoms with E-state index in [9.17, 15) is 19.5 Å². The minimum absolute atomic E-state index is 0.0276. The van der Waals surface area contributed by atoms with Crippen LogP contribution in [0.3, 0.4) is 0 Å². The zero-order chi connectivity index (χ0) is 12.8. The van der Waals surface area contributed by atoms with Crippen molar-refractivity contribution in [2.45, 2.75) is 25.3 Å². The van der Waals surface area contributed by atoms with Crippen molar-refractivity contribution in [3.05, 3.63) is 0 Å². The first-order chi connectivity index (χ1) is 7.89. The Morgan fingerprint density at radius 3 is 2.35 bits per heavy atom. The smallest absolute Gasteiger partial charge is 0.329 e. The number of piperazine rings is 1. The number of nitrogens with zero attached hydrogens (tertiary/aromatic N) is 2. The molecule has 2 aliphatic rings. The molecule has 94 valence electrons. The summed E-state index contributed by atoms with van der Waals surface area (Å²) in [6.07, 6.45) is 1.60. The van der Waals surface area contributed by atoms with Gasteiger partial charge in [-0.15, -0.1) is 0 Å². The van der Waals surface area contributed by atoms with Crippen LogP contribution in [0, 0.1) is 5.92 Å². The number of carbonyl (C=O) groups is 3. The van der Waals surface area contributed by atoms with Gasteiger partial charge < -0.3 is 14.9 Å². The van der Waals surface area contributed by atoms with Crippen molar-refractivity contribution in [1.82, 2.24) is 9.80 Å². The number of aliphatic carboxylic acids is 1. The normalized spacial score (nSPS) is 24.8. The fraction of sp³-hybridized carbons (Fsp3) is 0.727. The Hall–Kier alpha value is -1.59. The molecule has 2 rings (SSSR count). The highest BCUT2D eigenvalue weighted by Crippen LogP contribution is 2.43. The molecule has 1 unspecified atom stereocenters. The van der Waals surface area contributed by atoms with E-state index < -0.39 is 23.3 Å². The maximum absolute atomic E-state index is 11.9. The topological polar surface area (TPSA) is 77.9 Å². The lowest BCUT2D eigenvalue weighted by Gasteiger charge is -2.42. The fourth-order valence-electron chi connectivity index (χ4n) is 2.33. The summed E-state index contributed by atoms with van der Waals surface area (Å²) in [4.78, 5) is 37.5. The molecule has 2 amide bonds. The molecule has 1 saturated heterocycles. The number of carboxylic acids is 1. The molecule has 0 radical (unpaired) electrons. The molecule has 1 aliphatic carbocycles. The van der Waals surface area contributed by atoms with Gasteiger partial charge >= 0.3 is 17.8 Å². The summed E-state index contributed by atoms with van der Waals surface area (Å²) >= 11 is 0. The Morgan fingerprint density at radius 2 is 1.88 bits per heavy atom. The molecule has 0 spiro atoms. The van der Waals surface area contributed by atoms with E-state index in [0.717, 1.165) is 12.8 Å². The van der Waals surface area contributed by atoms with Crippen molar-refractivity contribution in [1.29, 1.82) is 0 Å². The summed E-state index contributed by atoms with van der Waals surface area (Å²) in [7, 11) is 1.55. The van der Waals surface area contributed by atoms with Crippen molar-refractivity contribution in [3.63, 3.8) is 0 Å². The first kappa shape index (κ1) is 11.9. The van der Waals surface area contributed by atoms with Gasteiger partial charge in [-0.3, -0.25) is 9.59 Å². The van der Waals surface area contributed by atoms with Gasteiger partial charge in [0.25, 0.3) is 0 Å². The summed E-state index contributed by atoms with van der Waals surface area (Å²) in [5, 5.41) is 9.35. The van der Waals surface area contributed by atoms with Crippen molar-refractivity contribution in [2.75, 3.05) is 20.1 Å². The summed E-state index contributed by atoms with van der Waals surface area (Å²) in [5.74, 6) is -2.37. The Labute approximate surface area is 99.2 Å². The van der Waals surface area contributed by atoms with Crippen LogP contribution in [0.1, 0.15) is 19.8 Å². The highest BCUT2D eigenvalue weighted by molar-refractivity contribution is 6.35. The summed E-state index contributed by atoms with van der Waals surface area (Å²) < 4.78 is 0. The maximum atomic E-state index is 11.9. The standard InChI is InChI=1S/C11H16N2O4/c1-11(10(16)17,7-3-4-7)13-6-5-12(2)8(14)9(13)15/h7H,3-6H2,1-2H3,(H,16,17). The van der Waals surface area contributed by atoms with E-state index in [0.29, 0.717) is 13.1 Å². The number of carbonyl (C=O) groups excluding carboxylic acids is 2. The zero-order valence-corrected chi connectivity index (χ0v) is 9.97. The van der Waals surface area contributed by atoms with Gasteiger partial charge in [-0.2, -0.15) is 0 Å². The molecule has 17 heavy (non-hydrogen) atoms. The van der Waals surface area contributed by atoms with Gasteiger partial charge in [0.05, 0.1) is 0 Å². The van der Waals surface area contributed by atoms with Gasteiger partial charge in [0, 0.05) is 20.1 Å². The van der Waals surface area contributed by atoms with E-state index >= 15 is 0 Å². The van der Waals surface area contributed by atoms with Crippen LogP contribution in [0.25, 0.3) is 0 Å². The monoisotopic (exact) mass is 240 g/mol. The third-order valence-electron chi connectivity index (χ3n) is 3.80. The lowest BCUT2D eigenvalue weighted by atomic mass is 9.92. The second-order valence-corrected chi connectivity index (χ2v) is 4.91. The van der Waals surface area contributed by atoms with E-state index in [-0.39, 0.29) is 5.92 Å². The Kier molecular flexibility index (Phi) is 2.60. The zero-order valence-electron chi connectivity index (χ0n) is 9.97. The molecule has 6 nitrogen and oxygen atoms in total. The highest BCUT2D eigenvalue weighted by Gasteiger charge is 2.55. The van der Waals surface area contributed by atoms with Gasteiger partial charge in [0.1, 0.15) is 5.54 Å². The molecular weight excluding hydrogens is 224 g/mol. The Balaban J connectivity index is 2.29. The number of likely N-dealkylation sites (N-methyl/N-ethyl adjacent to an activating group) is 1. The van der Waals surface area contributed by atoms with Crippen LogP contribution in [0.5, 0.6) is 0 Å². The largest absolute Gasteiger partial charge is 0.479 e. The lowest BCUT2D eigenvalue weighted by molar-refractivity contribution is -0.168. The molecule has 1 saturated carbocycles. The maximum Gasteiger partial charge on any atom is 0.329 e. The predicted octanol–water partition coefficient (Wildman–Crippen LogP) is -0.460. The molecule has 0 aromatic rings. The van der Waals surface area contributed by atoms with Gasteiger partial charge in [0.15, 0.2) is 0 Å². The Morgan fingerprint density at radius 1 is 1.29 bits per heavy atom. The van der Waals surface area contributed by atoms with Gasteiger partial charge in [0.2, 0.25) is 0 Å². The van der Waals surface area contributed by atoms with E-state index in [1.54, 1.807) is 14.0 Å². The van der Waals surface area contributed by atoms with Crippen LogP contribution < -0.4 is 0 Å². The first-order valence-corrected chi connectivity index (χ1v) is 5.69. The van der Waals surface area contributed by atoms with Crippen LogP contribution >= 0.6 is 0 Å². The highest BCUT2D eigenvalue weighted by atomic mass is 16.4. The molecule has 2 fully saturated rings. The van der Waals surface area contributed by atoms with Crippen molar-refractivity contribution in [2.24, 2.45) is 5.92 Å². The third-order valence-corrected chi connectivity index (χ3v) is 3.80. The number of hydrogen-bond acceptors (Lipinski definition) is 3. The second kappa shape index (κ2) is 3.72. The van der Waals surface area contributed by atoms with E-state index in [4.69, 9.17) is 0 Å². The molecule has 1 N–H and O–H groups in total. The Bertz CT molecular complexity index is 391. The van der Waals surface area contributed by atoms with E-state index in [1.165, 1.54) is 9.80 Å². The van der Waals surface area contributed by atoms with Crippen LogP contribution in [0.2, 0.25) is 0 Å². The molecule has 0 aromatic heterocycles. The molecule has 6 heteroatoms. The minimum Gasteiger partial charge on any atom is -0.479 e. The van der Waals surface area contributed by atoms with E-state index in [2.05, 4.69) is 0 Å². The van der Waals surface area contributed by atoms with Gasteiger partial charge in [-0.1, -0.05) is 0 Å². The average molecular weight is 240 g/mol. The number of hydrogen-bond donors (Lipinski definition) is 1. The molecular formula is C11H16N2O4. The first-order valence-electron chi connectivity index (χ1n) is 5.69. The van der Waals surface area contributed by atoms with E-state index in [1.807, 2.05) is 0 Å². The van der Waals surface area contributed by atoms with Gasteiger partial charge in [-0.25, -0.2) is 4.79 Å². The minimum atomic E-state index is -1.23. The summed E-state index contributed by atoms with van der Waals surface area (Å²) in [6, 6.07) is 0. The van der Waals surface area contributed by atoms with Crippen molar-refractivity contribution in [3.8, 4) is 0 Å². The predicted molar refractivity (Wildman–Crippen MR) is 58.1 cm³/mol. The summed E-state index contributed by atoms with van der Waals surface area (Å²) in [5.41, 5.74) is -1.23. The lowest BCUT2D eigenvalue weighted by Crippen LogP contribution is -2.64. The van der Waals surface area contributed by atoms with Crippen molar-refractivity contribution >= 4 is 17.8 Å². The fourth-order valence-corrected chi connectivity index (χ4v) is 2.33. The van der Waals surface area contributed by atoms with Crippen molar-refractivity contribution < 1.29 is 19.5 Å². The van der Waals surface area contributed by atoms with Gasteiger partial charge in [-0.05, 0) is 25.7 Å². The molecule has 0 bridgehead atoms. The van der Waals surface area contributed by atoms with Crippen LogP contribution in [0.15, 0.2) is 0 Å². The quantitative estimate of drug-likeness (QED) is 0.677.